The summed E-state index contributed by atoms with van der Waals surface area (Å²) >= 11 is 5.76. The Labute approximate surface area is 129 Å². The van der Waals surface area contributed by atoms with E-state index in [0.717, 1.165) is 6.42 Å². The zero-order chi connectivity index (χ0) is 15.9. The Morgan fingerprint density at radius 3 is 2.43 bits per heavy atom. The topological polar surface area (TPSA) is 64.6 Å². The monoisotopic (exact) mass is 313 g/mol. The number of halogens is 1. The smallest absolute Gasteiger partial charge is 0.331 e. The molecule has 1 rings (SSSR count). The number of rotatable bonds is 7. The molecule has 0 aliphatic heterocycles. The molecule has 1 unspecified atom stereocenters. The Bertz CT molecular complexity index is 489. The third-order valence-electron chi connectivity index (χ3n) is 2.98. The highest BCUT2D eigenvalue weighted by atomic mass is 35.5. The van der Waals surface area contributed by atoms with Crippen LogP contribution in [-0.4, -0.2) is 31.1 Å². The van der Waals surface area contributed by atoms with Crippen molar-refractivity contribution in [3.05, 3.63) is 29.3 Å². The van der Waals surface area contributed by atoms with Gasteiger partial charge in [0.15, 0.2) is 6.61 Å². The summed E-state index contributed by atoms with van der Waals surface area (Å²) in [6.45, 7) is 3.39. The van der Waals surface area contributed by atoms with Gasteiger partial charge in [0.25, 0.3) is 5.91 Å². The van der Waals surface area contributed by atoms with Crippen LogP contribution in [0.5, 0.6) is 5.75 Å². The molecule has 5 nitrogen and oxygen atoms in total. The zero-order valence-electron chi connectivity index (χ0n) is 12.4. The van der Waals surface area contributed by atoms with Crippen LogP contribution in [0.2, 0.25) is 5.02 Å². The van der Waals surface area contributed by atoms with Gasteiger partial charge in [0, 0.05) is 5.02 Å². The van der Waals surface area contributed by atoms with Gasteiger partial charge in [0.05, 0.1) is 7.11 Å². The van der Waals surface area contributed by atoms with Crippen LogP contribution in [0.15, 0.2) is 24.3 Å². The average molecular weight is 314 g/mol. The molecule has 0 spiro atoms. The minimum Gasteiger partial charge on any atom is -0.484 e. The number of methoxy groups -OCH3 is 1. The quantitative estimate of drug-likeness (QED) is 0.786. The molecule has 0 heterocycles. The fourth-order valence-corrected chi connectivity index (χ4v) is 2.09. The van der Waals surface area contributed by atoms with Crippen LogP contribution in [0, 0.1) is 0 Å². The maximum Gasteiger partial charge on any atom is 0.331 e. The SMILES string of the molecule is CCCC(C)(NC(=O)COc1ccc(Cl)cc1)C(=O)OC. The first-order valence-electron chi connectivity index (χ1n) is 6.69. The van der Waals surface area contributed by atoms with Gasteiger partial charge in [0.2, 0.25) is 0 Å². The van der Waals surface area contributed by atoms with E-state index in [-0.39, 0.29) is 12.5 Å². The highest BCUT2D eigenvalue weighted by Crippen LogP contribution is 2.16. The highest BCUT2D eigenvalue weighted by molar-refractivity contribution is 6.30. The number of amides is 1. The number of hydrogen-bond donors (Lipinski definition) is 1. The van der Waals surface area contributed by atoms with Gasteiger partial charge < -0.3 is 14.8 Å². The number of carbonyl (C=O) groups excluding carboxylic acids is 2. The van der Waals surface area contributed by atoms with E-state index < -0.39 is 11.5 Å². The van der Waals surface area contributed by atoms with E-state index in [9.17, 15) is 9.59 Å². The van der Waals surface area contributed by atoms with Gasteiger partial charge in [-0.25, -0.2) is 4.79 Å². The highest BCUT2D eigenvalue weighted by Gasteiger charge is 2.35. The summed E-state index contributed by atoms with van der Waals surface area (Å²) in [7, 11) is 1.30. The van der Waals surface area contributed by atoms with Crippen molar-refractivity contribution in [2.45, 2.75) is 32.2 Å². The molecule has 0 aliphatic rings. The Morgan fingerprint density at radius 2 is 1.90 bits per heavy atom. The number of esters is 1. The molecule has 1 amide bonds. The Balaban J connectivity index is 2.58. The van der Waals surface area contributed by atoms with Gasteiger partial charge in [-0.15, -0.1) is 0 Å². The second kappa shape index (κ2) is 7.88. The van der Waals surface area contributed by atoms with Crippen LogP contribution in [0.3, 0.4) is 0 Å². The van der Waals surface area contributed by atoms with E-state index in [1.807, 2.05) is 6.92 Å². The molecule has 21 heavy (non-hydrogen) atoms. The Hall–Kier alpha value is -1.75. The molecule has 0 radical (unpaired) electrons. The molecule has 0 bridgehead atoms. The van der Waals surface area contributed by atoms with E-state index in [0.29, 0.717) is 17.2 Å². The van der Waals surface area contributed by atoms with Crippen LogP contribution < -0.4 is 10.1 Å². The molecule has 116 valence electrons. The number of hydrogen-bond acceptors (Lipinski definition) is 4. The Kier molecular flexibility index (Phi) is 6.49. The molecule has 0 aliphatic carbocycles. The van der Waals surface area contributed by atoms with E-state index in [1.165, 1.54) is 7.11 Å². The van der Waals surface area contributed by atoms with Gasteiger partial charge in [-0.1, -0.05) is 24.9 Å². The predicted molar refractivity (Wildman–Crippen MR) is 80.4 cm³/mol. The van der Waals surface area contributed by atoms with Crippen molar-refractivity contribution in [2.24, 2.45) is 0 Å². The molecular formula is C15H20ClNO4. The van der Waals surface area contributed by atoms with Gasteiger partial charge in [-0.05, 0) is 37.6 Å². The molecule has 1 N–H and O–H groups in total. The molecule has 1 aromatic carbocycles. The summed E-state index contributed by atoms with van der Waals surface area (Å²) < 4.78 is 10.1. The van der Waals surface area contributed by atoms with Crippen LogP contribution in [-0.2, 0) is 14.3 Å². The molecular weight excluding hydrogens is 294 g/mol. The standard InChI is InChI=1S/C15H20ClNO4/c1-4-9-15(2,14(19)20-3)17-13(18)10-21-12-7-5-11(16)6-8-12/h5-8H,4,9-10H2,1-3H3,(H,17,18). The first kappa shape index (κ1) is 17.3. The molecule has 0 aromatic heterocycles. The number of ether oxygens (including phenoxy) is 2. The van der Waals surface area contributed by atoms with Crippen molar-refractivity contribution in [3.63, 3.8) is 0 Å². The van der Waals surface area contributed by atoms with Gasteiger partial charge in [-0.2, -0.15) is 0 Å². The normalized spacial score (nSPS) is 13.1. The van der Waals surface area contributed by atoms with Crippen LogP contribution >= 0.6 is 11.6 Å². The average Bonchev–Trinajstić information content (AvgIpc) is 2.46. The largest absolute Gasteiger partial charge is 0.484 e. The van der Waals surface area contributed by atoms with Crippen LogP contribution in [0.25, 0.3) is 0 Å². The molecule has 0 saturated carbocycles. The predicted octanol–water partition coefficient (Wildman–Crippen LogP) is 2.57. The molecule has 0 fully saturated rings. The zero-order valence-corrected chi connectivity index (χ0v) is 13.2. The molecule has 1 aromatic rings. The minimum atomic E-state index is -1.04. The van der Waals surface area contributed by atoms with E-state index >= 15 is 0 Å². The summed E-state index contributed by atoms with van der Waals surface area (Å²) in [4.78, 5) is 23.7. The first-order valence-corrected chi connectivity index (χ1v) is 7.07. The van der Waals surface area contributed by atoms with Gasteiger partial charge in [-0.3, -0.25) is 4.79 Å². The Morgan fingerprint density at radius 1 is 1.29 bits per heavy atom. The van der Waals surface area contributed by atoms with Gasteiger partial charge in [0.1, 0.15) is 11.3 Å². The van der Waals surface area contributed by atoms with Crippen molar-refractivity contribution in [3.8, 4) is 5.75 Å². The lowest BCUT2D eigenvalue weighted by Gasteiger charge is -2.27. The summed E-state index contributed by atoms with van der Waals surface area (Å²) in [5, 5.41) is 3.25. The van der Waals surface area contributed by atoms with Gasteiger partial charge >= 0.3 is 5.97 Å². The second-order valence-electron chi connectivity index (χ2n) is 4.86. The van der Waals surface area contributed by atoms with Crippen LogP contribution in [0.1, 0.15) is 26.7 Å². The van der Waals surface area contributed by atoms with Crippen molar-refractivity contribution < 1.29 is 19.1 Å². The molecule has 0 saturated heterocycles. The fourth-order valence-electron chi connectivity index (χ4n) is 1.96. The molecule has 6 heteroatoms. The third kappa shape index (κ3) is 5.27. The van der Waals surface area contributed by atoms with Crippen molar-refractivity contribution in [1.82, 2.24) is 5.32 Å². The van der Waals surface area contributed by atoms with E-state index in [1.54, 1.807) is 31.2 Å². The lowest BCUT2D eigenvalue weighted by atomic mass is 9.96. The third-order valence-corrected chi connectivity index (χ3v) is 3.24. The lowest BCUT2D eigenvalue weighted by Crippen LogP contribution is -2.53. The number of carbonyl (C=O) groups is 2. The van der Waals surface area contributed by atoms with Crippen molar-refractivity contribution >= 4 is 23.5 Å². The maximum atomic E-state index is 11.9. The van der Waals surface area contributed by atoms with Crippen molar-refractivity contribution in [1.29, 1.82) is 0 Å². The summed E-state index contributed by atoms with van der Waals surface area (Å²) in [6, 6.07) is 6.68. The van der Waals surface area contributed by atoms with Crippen molar-refractivity contribution in [2.75, 3.05) is 13.7 Å². The first-order chi connectivity index (χ1) is 9.91. The number of benzene rings is 1. The fraction of sp³-hybridized carbons (Fsp3) is 0.467. The minimum absolute atomic E-state index is 0.183. The lowest BCUT2D eigenvalue weighted by molar-refractivity contribution is -0.150. The summed E-state index contributed by atoms with van der Waals surface area (Å²) in [5.74, 6) is -0.319. The van der Waals surface area contributed by atoms with E-state index in [2.05, 4.69) is 5.32 Å². The van der Waals surface area contributed by atoms with Crippen LogP contribution in [0.4, 0.5) is 0 Å². The second-order valence-corrected chi connectivity index (χ2v) is 5.30. The maximum absolute atomic E-state index is 11.9. The molecule has 1 atom stereocenters. The van der Waals surface area contributed by atoms with E-state index in [4.69, 9.17) is 21.1 Å². The summed E-state index contributed by atoms with van der Waals surface area (Å²) in [6.07, 6.45) is 1.23. The summed E-state index contributed by atoms with van der Waals surface area (Å²) in [5.41, 5.74) is -1.04. The number of nitrogens with one attached hydrogen (secondary N) is 1.